The number of aryl methyl sites for hydroxylation is 1. The molecule has 1 aliphatic heterocycles. The van der Waals surface area contributed by atoms with Crippen molar-refractivity contribution in [2.75, 3.05) is 19.8 Å². The second-order valence-electron chi connectivity index (χ2n) is 5.30. The van der Waals surface area contributed by atoms with Crippen LogP contribution in [-0.2, 0) is 33.5 Å². The molecule has 11 heteroatoms. The minimum absolute atomic E-state index is 0.0431. The molecule has 0 N–H and O–H groups in total. The third-order valence-corrected chi connectivity index (χ3v) is 4.66. The van der Waals surface area contributed by atoms with Gasteiger partial charge in [-0.3, -0.25) is 0 Å². The lowest BCUT2D eigenvalue weighted by molar-refractivity contribution is -0.196. The van der Waals surface area contributed by atoms with Crippen LogP contribution in [0.15, 0.2) is 39.5 Å². The van der Waals surface area contributed by atoms with Crippen LogP contribution in [-0.4, -0.2) is 50.8 Å². The molecule has 0 saturated carbocycles. The Kier molecular flexibility index (Phi) is 5.93. The van der Waals surface area contributed by atoms with Gasteiger partial charge in [0.2, 0.25) is 0 Å². The van der Waals surface area contributed by atoms with Gasteiger partial charge in [-0.1, -0.05) is 17.7 Å². The zero-order valence-electron chi connectivity index (χ0n) is 14.5. The number of hydrogen-bond donors (Lipinski definition) is 0. The predicted octanol–water partition coefficient (Wildman–Crippen LogP) is 1.16. The molecular weight excluding hydrogens is 366 g/mol. The van der Waals surface area contributed by atoms with Gasteiger partial charge in [-0.2, -0.15) is 13.5 Å². The Bertz CT molecular complexity index is 787. The van der Waals surface area contributed by atoms with E-state index in [0.29, 0.717) is 5.17 Å². The molecular formula is C15H19N3O7S. The van der Waals surface area contributed by atoms with Crippen LogP contribution in [0.2, 0.25) is 0 Å². The Labute approximate surface area is 150 Å². The van der Waals surface area contributed by atoms with Crippen molar-refractivity contribution in [3.63, 3.8) is 0 Å². The third-order valence-electron chi connectivity index (χ3n) is 3.48. The summed E-state index contributed by atoms with van der Waals surface area (Å²) in [7, 11) is -4.37. The van der Waals surface area contributed by atoms with Gasteiger partial charge >= 0.3 is 27.6 Å². The fraction of sp³-hybridized carbons (Fsp3) is 0.467. The first kappa shape index (κ1) is 19.8. The van der Waals surface area contributed by atoms with Crippen molar-refractivity contribution in [1.82, 2.24) is 5.17 Å². The number of rotatable bonds is 7. The molecule has 0 spiro atoms. The maximum absolute atomic E-state index is 12.5. The van der Waals surface area contributed by atoms with E-state index in [2.05, 4.69) is 10.3 Å². The summed E-state index contributed by atoms with van der Waals surface area (Å²) < 4.78 is 39.6. The summed E-state index contributed by atoms with van der Waals surface area (Å²) >= 11 is 0. The van der Waals surface area contributed by atoms with Crippen molar-refractivity contribution in [3.8, 4) is 0 Å². The zero-order valence-corrected chi connectivity index (χ0v) is 15.4. The highest BCUT2D eigenvalue weighted by atomic mass is 32.2. The van der Waals surface area contributed by atoms with Crippen LogP contribution in [0.4, 0.5) is 0 Å². The smallest absolute Gasteiger partial charge is 0.350 e. The lowest BCUT2D eigenvalue weighted by Crippen LogP contribution is -2.59. The van der Waals surface area contributed by atoms with Crippen LogP contribution in [0.1, 0.15) is 19.4 Å². The Morgan fingerprint density at radius 3 is 2.15 bits per heavy atom. The Balaban J connectivity index is 2.38. The number of hydroxylamine groups is 1. The summed E-state index contributed by atoms with van der Waals surface area (Å²) in [6, 6.07) is 5.81. The van der Waals surface area contributed by atoms with Crippen LogP contribution in [0.5, 0.6) is 0 Å². The highest BCUT2D eigenvalue weighted by Crippen LogP contribution is 2.30. The lowest BCUT2D eigenvalue weighted by Gasteiger charge is -2.29. The molecule has 1 heterocycles. The highest BCUT2D eigenvalue weighted by molar-refractivity contribution is 7.86. The average Bonchev–Trinajstić information content (AvgIpc) is 2.99. The van der Waals surface area contributed by atoms with Crippen molar-refractivity contribution in [3.05, 3.63) is 29.8 Å². The quantitative estimate of drug-likeness (QED) is 0.506. The van der Waals surface area contributed by atoms with Crippen molar-refractivity contribution in [2.45, 2.75) is 31.2 Å². The van der Waals surface area contributed by atoms with E-state index in [4.69, 9.17) is 13.8 Å². The lowest BCUT2D eigenvalue weighted by atomic mass is 10.0. The summed E-state index contributed by atoms with van der Waals surface area (Å²) in [6.07, 6.45) is 0. The van der Waals surface area contributed by atoms with Crippen molar-refractivity contribution < 1.29 is 31.8 Å². The normalized spacial score (nSPS) is 15.7. The van der Waals surface area contributed by atoms with E-state index in [9.17, 15) is 18.0 Å². The van der Waals surface area contributed by atoms with E-state index >= 15 is 0 Å². The first-order valence-electron chi connectivity index (χ1n) is 7.81. The Hall–Kier alpha value is -2.53. The van der Waals surface area contributed by atoms with Gasteiger partial charge < -0.3 is 9.47 Å². The second kappa shape index (κ2) is 7.79. The van der Waals surface area contributed by atoms with Gasteiger partial charge in [0.15, 0.2) is 0 Å². The topological polar surface area (TPSA) is 124 Å². The molecule has 0 atom stereocenters. The van der Waals surface area contributed by atoms with E-state index in [1.807, 2.05) is 0 Å². The molecule has 1 aromatic carbocycles. The van der Waals surface area contributed by atoms with Gasteiger partial charge in [-0.25, -0.2) is 9.59 Å². The van der Waals surface area contributed by atoms with Crippen LogP contribution >= 0.6 is 0 Å². The number of carbonyl (C=O) groups excluding carboxylic acids is 2. The van der Waals surface area contributed by atoms with Gasteiger partial charge in [-0.05, 0) is 38.1 Å². The molecule has 0 fully saturated rings. The van der Waals surface area contributed by atoms with Crippen molar-refractivity contribution >= 4 is 22.1 Å². The number of benzene rings is 1. The van der Waals surface area contributed by atoms with Gasteiger partial charge in [0.05, 0.1) is 18.1 Å². The minimum atomic E-state index is -4.37. The number of nitrogens with zero attached hydrogens (tertiary/aromatic N) is 3. The zero-order chi connectivity index (χ0) is 19.4. The first-order chi connectivity index (χ1) is 12.3. The molecule has 1 aliphatic rings. The molecule has 0 unspecified atom stereocenters. The molecule has 26 heavy (non-hydrogen) atoms. The largest absolute Gasteiger partial charge is 0.464 e. The number of hydrogen-bond acceptors (Lipinski definition) is 10. The summed E-state index contributed by atoms with van der Waals surface area (Å²) in [5.74, 6) is -2.13. The molecule has 10 nitrogen and oxygen atoms in total. The van der Waals surface area contributed by atoms with Crippen LogP contribution in [0.3, 0.4) is 0 Å². The predicted molar refractivity (Wildman–Crippen MR) is 87.0 cm³/mol. The number of esters is 2. The number of carbonyl (C=O) groups is 2. The second-order valence-corrected chi connectivity index (χ2v) is 6.83. The molecule has 0 amide bonds. The van der Waals surface area contributed by atoms with Gasteiger partial charge in [-0.15, -0.1) is 9.46 Å². The SMILES string of the molecule is CCOC(=O)C1(C(=O)OCC)CN=NN1OS(=O)(=O)c1ccc(C)cc1. The maximum Gasteiger partial charge on any atom is 0.350 e. The van der Waals surface area contributed by atoms with Crippen LogP contribution < -0.4 is 0 Å². The third kappa shape index (κ3) is 3.68. The number of ether oxygens (including phenoxy) is 2. The molecule has 0 aliphatic carbocycles. The highest BCUT2D eigenvalue weighted by Gasteiger charge is 2.60. The van der Waals surface area contributed by atoms with Gasteiger partial charge in [0.25, 0.3) is 0 Å². The van der Waals surface area contributed by atoms with Crippen molar-refractivity contribution in [2.24, 2.45) is 10.3 Å². The fourth-order valence-electron chi connectivity index (χ4n) is 2.12. The molecule has 0 aromatic heterocycles. The molecule has 0 bridgehead atoms. The van der Waals surface area contributed by atoms with E-state index in [1.165, 1.54) is 26.0 Å². The molecule has 0 saturated heterocycles. The first-order valence-corrected chi connectivity index (χ1v) is 9.22. The molecule has 2 rings (SSSR count). The Morgan fingerprint density at radius 2 is 1.65 bits per heavy atom. The molecule has 142 valence electrons. The average molecular weight is 385 g/mol. The Morgan fingerprint density at radius 1 is 1.12 bits per heavy atom. The molecule has 0 radical (unpaired) electrons. The van der Waals surface area contributed by atoms with Crippen molar-refractivity contribution in [1.29, 1.82) is 0 Å². The van der Waals surface area contributed by atoms with E-state index in [0.717, 1.165) is 5.56 Å². The van der Waals surface area contributed by atoms with Crippen LogP contribution in [0, 0.1) is 6.92 Å². The summed E-state index contributed by atoms with van der Waals surface area (Å²) in [4.78, 5) is 24.6. The monoisotopic (exact) mass is 385 g/mol. The summed E-state index contributed by atoms with van der Waals surface area (Å²) in [5.41, 5.74) is -1.42. The van der Waals surface area contributed by atoms with E-state index in [1.54, 1.807) is 19.1 Å². The summed E-state index contributed by atoms with van der Waals surface area (Å²) in [5, 5.41) is 7.39. The molecule has 1 aromatic rings. The standard InChI is InChI=1S/C15H19N3O7S/c1-4-23-13(19)15(14(20)24-5-2)10-16-17-18(15)25-26(21,22)12-8-6-11(3)7-9-12/h6-9H,4-5,10H2,1-3H3. The van der Waals surface area contributed by atoms with E-state index in [-0.39, 0.29) is 18.1 Å². The van der Waals surface area contributed by atoms with E-state index < -0.39 is 34.1 Å². The minimum Gasteiger partial charge on any atom is -0.464 e. The van der Waals surface area contributed by atoms with Gasteiger partial charge in [0.1, 0.15) is 6.54 Å². The summed E-state index contributed by atoms with van der Waals surface area (Å²) in [6.45, 7) is 4.28. The van der Waals surface area contributed by atoms with Gasteiger partial charge in [0, 0.05) is 0 Å². The fourth-order valence-corrected chi connectivity index (χ4v) is 3.02. The maximum atomic E-state index is 12.5. The van der Waals surface area contributed by atoms with Crippen LogP contribution in [0.25, 0.3) is 0 Å².